The smallest absolute Gasteiger partial charge is 0.260 e. The third-order valence-electron chi connectivity index (χ3n) is 4.52. The van der Waals surface area contributed by atoms with Crippen LogP contribution in [0.25, 0.3) is 10.7 Å². The predicted octanol–water partition coefficient (Wildman–Crippen LogP) is 4.05. The third kappa shape index (κ3) is 5.44. The molecule has 7 nitrogen and oxygen atoms in total. The molecule has 1 aromatic carbocycles. The van der Waals surface area contributed by atoms with Gasteiger partial charge >= 0.3 is 0 Å². The number of aromatic nitrogens is 2. The molecule has 1 aliphatic heterocycles. The molecule has 10 heteroatoms. The van der Waals surface area contributed by atoms with Gasteiger partial charge in [0.25, 0.3) is 5.91 Å². The van der Waals surface area contributed by atoms with E-state index in [-0.39, 0.29) is 12.5 Å². The normalized spacial score (nSPS) is 14.9. The number of amides is 1. The lowest BCUT2D eigenvalue weighted by Crippen LogP contribution is -2.49. The van der Waals surface area contributed by atoms with Gasteiger partial charge in [-0.15, -0.1) is 11.3 Å². The van der Waals surface area contributed by atoms with Crippen molar-refractivity contribution in [3.63, 3.8) is 0 Å². The van der Waals surface area contributed by atoms with Crippen molar-refractivity contribution in [1.82, 2.24) is 19.9 Å². The molecule has 3 aromatic rings. The van der Waals surface area contributed by atoms with E-state index < -0.39 is 0 Å². The van der Waals surface area contributed by atoms with Crippen molar-refractivity contribution < 1.29 is 14.1 Å². The number of piperazine rings is 1. The average Bonchev–Trinajstić information content (AvgIpc) is 3.37. The Labute approximate surface area is 188 Å². The summed E-state index contributed by atoms with van der Waals surface area (Å²) in [5.74, 6) is 1.87. The zero-order valence-electron chi connectivity index (χ0n) is 15.4. The Kier molecular flexibility index (Phi) is 6.63. The molecule has 4 rings (SSSR count). The van der Waals surface area contributed by atoms with Crippen molar-refractivity contribution >= 4 is 49.1 Å². The van der Waals surface area contributed by atoms with Crippen molar-refractivity contribution in [2.45, 2.75) is 6.54 Å². The highest BCUT2D eigenvalue weighted by Gasteiger charge is 2.23. The molecule has 3 heterocycles. The van der Waals surface area contributed by atoms with Gasteiger partial charge in [0, 0.05) is 30.7 Å². The maximum absolute atomic E-state index is 12.4. The second kappa shape index (κ2) is 9.38. The molecular weight excluding hydrogens is 524 g/mol. The molecule has 0 spiro atoms. The molecule has 2 aromatic heterocycles. The lowest BCUT2D eigenvalue weighted by Gasteiger charge is -2.33. The summed E-state index contributed by atoms with van der Waals surface area (Å²) in [4.78, 5) is 21.9. The number of rotatable bonds is 6. The zero-order chi connectivity index (χ0) is 20.2. The van der Waals surface area contributed by atoms with Crippen molar-refractivity contribution in [2.24, 2.45) is 0 Å². The quantitative estimate of drug-likeness (QED) is 0.469. The van der Waals surface area contributed by atoms with Crippen LogP contribution in [0.3, 0.4) is 0 Å². The summed E-state index contributed by atoms with van der Waals surface area (Å²) >= 11 is 8.39. The molecule has 29 heavy (non-hydrogen) atoms. The predicted molar refractivity (Wildman–Crippen MR) is 117 cm³/mol. The van der Waals surface area contributed by atoms with Crippen LogP contribution in [-0.2, 0) is 11.3 Å². The minimum absolute atomic E-state index is 0.00378. The largest absolute Gasteiger partial charge is 0.484 e. The van der Waals surface area contributed by atoms with E-state index in [1.165, 1.54) is 0 Å². The Morgan fingerprint density at radius 2 is 1.86 bits per heavy atom. The lowest BCUT2D eigenvalue weighted by atomic mass is 10.3. The molecule has 0 aliphatic carbocycles. The van der Waals surface area contributed by atoms with E-state index in [4.69, 9.17) is 9.26 Å². The minimum atomic E-state index is -0.00378. The number of ether oxygens (including phenoxy) is 1. The number of hydrogen-bond acceptors (Lipinski definition) is 7. The van der Waals surface area contributed by atoms with Crippen LogP contribution in [0.4, 0.5) is 0 Å². The van der Waals surface area contributed by atoms with Gasteiger partial charge in [-0.2, -0.15) is 4.98 Å². The molecule has 0 radical (unpaired) electrons. The third-order valence-corrected chi connectivity index (χ3v) is 6.67. The van der Waals surface area contributed by atoms with Gasteiger partial charge in [-0.1, -0.05) is 21.1 Å². The van der Waals surface area contributed by atoms with Crippen molar-refractivity contribution in [3.05, 3.63) is 50.5 Å². The van der Waals surface area contributed by atoms with E-state index in [0.29, 0.717) is 37.1 Å². The first-order chi connectivity index (χ1) is 14.1. The van der Waals surface area contributed by atoms with E-state index in [1.807, 2.05) is 41.3 Å². The highest BCUT2D eigenvalue weighted by Crippen LogP contribution is 2.29. The number of carbonyl (C=O) groups is 1. The van der Waals surface area contributed by atoms with E-state index >= 15 is 0 Å². The van der Waals surface area contributed by atoms with Gasteiger partial charge in [-0.3, -0.25) is 9.69 Å². The Hall–Kier alpha value is -1.75. The first-order valence-corrected chi connectivity index (χ1v) is 11.4. The van der Waals surface area contributed by atoms with Crippen molar-refractivity contribution in [1.29, 1.82) is 0 Å². The molecular formula is C19H18Br2N4O3S. The van der Waals surface area contributed by atoms with Crippen LogP contribution < -0.4 is 4.74 Å². The molecule has 1 saturated heterocycles. The number of thiophene rings is 1. The lowest BCUT2D eigenvalue weighted by molar-refractivity contribution is -0.135. The molecule has 1 aliphatic rings. The zero-order valence-corrected chi connectivity index (χ0v) is 19.4. The fourth-order valence-corrected chi connectivity index (χ4v) is 4.54. The van der Waals surface area contributed by atoms with Crippen LogP contribution in [0, 0.1) is 0 Å². The molecule has 1 fully saturated rings. The van der Waals surface area contributed by atoms with Gasteiger partial charge < -0.3 is 14.2 Å². The first kappa shape index (κ1) is 20.5. The topological polar surface area (TPSA) is 71.7 Å². The Balaban J connectivity index is 1.23. The minimum Gasteiger partial charge on any atom is -0.484 e. The van der Waals surface area contributed by atoms with Crippen LogP contribution >= 0.6 is 43.2 Å². The number of benzene rings is 1. The number of hydrogen-bond donors (Lipinski definition) is 0. The SMILES string of the molecule is O=C(COc1ccc(Br)cc1)N1CCN(Cc2nc(-c3ccc(Br)s3)no2)CC1. The van der Waals surface area contributed by atoms with Crippen LogP contribution in [0.15, 0.2) is 49.2 Å². The standard InChI is InChI=1S/C19H18Br2N4O3S/c20-13-1-3-14(4-2-13)27-12-18(26)25-9-7-24(8-10-25)11-17-22-19(23-28-17)15-5-6-16(21)29-15/h1-6H,7-12H2. The Morgan fingerprint density at radius 3 is 2.55 bits per heavy atom. The highest BCUT2D eigenvalue weighted by molar-refractivity contribution is 9.11. The van der Waals surface area contributed by atoms with Gasteiger partial charge in [0.15, 0.2) is 6.61 Å². The van der Waals surface area contributed by atoms with Crippen LogP contribution in [-0.4, -0.2) is 58.6 Å². The van der Waals surface area contributed by atoms with Gasteiger partial charge in [0.2, 0.25) is 11.7 Å². The highest BCUT2D eigenvalue weighted by atomic mass is 79.9. The summed E-state index contributed by atoms with van der Waals surface area (Å²) in [6.07, 6.45) is 0. The first-order valence-electron chi connectivity index (χ1n) is 9.03. The van der Waals surface area contributed by atoms with E-state index in [0.717, 1.165) is 26.2 Å². The van der Waals surface area contributed by atoms with Gasteiger partial charge in [0.05, 0.1) is 15.2 Å². The molecule has 1 amide bonds. The van der Waals surface area contributed by atoms with Gasteiger partial charge in [0.1, 0.15) is 5.75 Å². The Bertz CT molecular complexity index is 968. The van der Waals surface area contributed by atoms with E-state index in [9.17, 15) is 4.79 Å². The van der Waals surface area contributed by atoms with E-state index in [1.54, 1.807) is 11.3 Å². The number of nitrogens with zero attached hydrogens (tertiary/aromatic N) is 4. The molecule has 0 saturated carbocycles. The summed E-state index contributed by atoms with van der Waals surface area (Å²) in [5.41, 5.74) is 0. The van der Waals surface area contributed by atoms with Crippen molar-refractivity contribution in [3.8, 4) is 16.5 Å². The second-order valence-corrected chi connectivity index (χ2v) is 9.89. The summed E-state index contributed by atoms with van der Waals surface area (Å²) in [6.45, 7) is 3.45. The molecule has 0 atom stereocenters. The Morgan fingerprint density at radius 1 is 1.10 bits per heavy atom. The summed E-state index contributed by atoms with van der Waals surface area (Å²) in [5, 5.41) is 4.06. The molecule has 0 bridgehead atoms. The van der Waals surface area contributed by atoms with E-state index in [2.05, 4.69) is 46.9 Å². The number of halogens is 2. The van der Waals surface area contributed by atoms with Crippen LogP contribution in [0.1, 0.15) is 5.89 Å². The summed E-state index contributed by atoms with van der Waals surface area (Å²) in [7, 11) is 0. The fourth-order valence-electron chi connectivity index (χ4n) is 2.97. The van der Waals surface area contributed by atoms with Gasteiger partial charge in [-0.05, 0) is 52.3 Å². The molecule has 0 N–H and O–H groups in total. The molecule has 152 valence electrons. The maximum atomic E-state index is 12.4. The average molecular weight is 542 g/mol. The summed E-state index contributed by atoms with van der Waals surface area (Å²) < 4.78 is 13.0. The van der Waals surface area contributed by atoms with Crippen LogP contribution in [0.2, 0.25) is 0 Å². The maximum Gasteiger partial charge on any atom is 0.260 e. The monoisotopic (exact) mass is 540 g/mol. The van der Waals surface area contributed by atoms with Crippen molar-refractivity contribution in [2.75, 3.05) is 32.8 Å². The second-order valence-electron chi connectivity index (χ2n) is 6.52. The molecule has 0 unspecified atom stereocenters. The van der Waals surface area contributed by atoms with Crippen LogP contribution in [0.5, 0.6) is 5.75 Å². The number of carbonyl (C=O) groups excluding carboxylic acids is 1. The fraction of sp³-hybridized carbons (Fsp3) is 0.316. The van der Waals surface area contributed by atoms with Gasteiger partial charge in [-0.25, -0.2) is 0 Å². The summed E-state index contributed by atoms with van der Waals surface area (Å²) in [6, 6.07) is 11.4.